The van der Waals surface area contributed by atoms with Gasteiger partial charge in [0.25, 0.3) is 0 Å². The average Bonchev–Trinajstić information content (AvgIpc) is 1.55. The molecule has 0 spiro atoms. The Morgan fingerprint density at radius 3 is 0.735 bits per heavy atom. The van der Waals surface area contributed by atoms with Crippen LogP contribution < -0.4 is 9.80 Å². The van der Waals surface area contributed by atoms with Crippen LogP contribution >= 0.6 is 0 Å². The molecule has 2 heteroatoms. The van der Waals surface area contributed by atoms with E-state index >= 15 is 0 Å². The van der Waals surface area contributed by atoms with Crippen LogP contribution in [0.3, 0.4) is 0 Å². The van der Waals surface area contributed by atoms with Crippen molar-refractivity contribution in [1.29, 1.82) is 0 Å². The summed E-state index contributed by atoms with van der Waals surface area (Å²) < 4.78 is 0. The van der Waals surface area contributed by atoms with E-state index in [2.05, 4.69) is 453 Å². The molecule has 0 heterocycles. The maximum atomic E-state index is 4.19. The van der Waals surface area contributed by atoms with Crippen molar-refractivity contribution in [3.05, 3.63) is 490 Å². The van der Waals surface area contributed by atoms with Crippen LogP contribution in [-0.2, 0) is 27.1 Å². The number of nitrogens with zero attached hydrogens (tertiary/aromatic N) is 2. The maximum absolute atomic E-state index is 4.19. The van der Waals surface area contributed by atoms with Crippen LogP contribution in [-0.4, -0.2) is 0 Å². The second-order valence-electron chi connectivity index (χ2n) is 32.8. The van der Waals surface area contributed by atoms with Gasteiger partial charge in [0.2, 0.25) is 0 Å². The summed E-state index contributed by atoms with van der Waals surface area (Å²) in [6.45, 7) is 22.3. The number of benzene rings is 16. The van der Waals surface area contributed by atoms with Crippen molar-refractivity contribution in [3.8, 4) is 55.6 Å². The van der Waals surface area contributed by atoms with Gasteiger partial charge in [-0.15, -0.1) is 0 Å². The van der Waals surface area contributed by atoms with E-state index in [0.29, 0.717) is 0 Å². The second-order valence-corrected chi connectivity index (χ2v) is 32.8. The van der Waals surface area contributed by atoms with E-state index in [1.807, 2.05) is 12.2 Å². The molecule has 0 amide bonds. The zero-order chi connectivity index (χ0) is 76.8. The number of rotatable bonds is 16. The van der Waals surface area contributed by atoms with E-state index in [0.717, 1.165) is 56.4 Å². The van der Waals surface area contributed by atoms with Gasteiger partial charge in [0.15, 0.2) is 0 Å². The summed E-state index contributed by atoms with van der Waals surface area (Å²) in [4.78, 5) is 5.05. The smallest absolute Gasteiger partial charge is 0.0715 e. The Morgan fingerprint density at radius 2 is 0.442 bits per heavy atom. The molecule has 3 aliphatic rings. The van der Waals surface area contributed by atoms with E-state index in [9.17, 15) is 0 Å². The highest BCUT2D eigenvalue weighted by Crippen LogP contribution is 2.63. The van der Waals surface area contributed by atoms with Crippen LogP contribution in [0.5, 0.6) is 0 Å². The van der Waals surface area contributed by atoms with Gasteiger partial charge in [0, 0.05) is 34.1 Å². The van der Waals surface area contributed by atoms with Crippen molar-refractivity contribution in [2.75, 3.05) is 9.80 Å². The van der Waals surface area contributed by atoms with Crippen molar-refractivity contribution >= 4 is 46.3 Å². The van der Waals surface area contributed by atoms with Crippen LogP contribution in [0.4, 0.5) is 34.1 Å². The van der Waals surface area contributed by atoms with Crippen LogP contribution in [0.2, 0.25) is 0 Å². The zero-order valence-electron chi connectivity index (χ0n) is 64.9. The van der Waals surface area contributed by atoms with Crippen LogP contribution in [0.15, 0.2) is 401 Å². The molecule has 2 nitrogen and oxygen atoms in total. The fourth-order valence-electron chi connectivity index (χ4n) is 19.1. The third kappa shape index (κ3) is 11.4. The zero-order valence-corrected chi connectivity index (χ0v) is 64.9. The molecule has 0 aliphatic heterocycles. The molecular formula is C111H88N2. The number of hydrogen-bond acceptors (Lipinski definition) is 2. The van der Waals surface area contributed by atoms with Crippen LogP contribution in [0, 0.1) is 0 Å². The molecule has 542 valence electrons. The molecular weight excluding hydrogens is 1360 g/mol. The van der Waals surface area contributed by atoms with Crippen molar-refractivity contribution < 1.29 is 0 Å². The summed E-state index contributed by atoms with van der Waals surface area (Å²) in [5.74, 6) is 0. The fraction of sp³-hybridized carbons (Fsp3) is 0.0991. The summed E-state index contributed by atoms with van der Waals surface area (Å²) in [6, 6.07) is 147. The molecule has 16 aromatic rings. The first kappa shape index (κ1) is 70.0. The predicted octanol–water partition coefficient (Wildman–Crippen LogP) is 28.9. The van der Waals surface area contributed by atoms with E-state index in [1.54, 1.807) is 0 Å². The summed E-state index contributed by atoms with van der Waals surface area (Å²) in [7, 11) is 0. The summed E-state index contributed by atoms with van der Waals surface area (Å²) in [5.41, 5.74) is 35.1. The fourth-order valence-corrected chi connectivity index (χ4v) is 19.1. The summed E-state index contributed by atoms with van der Waals surface area (Å²) >= 11 is 0. The quantitative estimate of drug-likeness (QED) is 0.0951. The van der Waals surface area contributed by atoms with E-state index in [4.69, 9.17) is 0 Å². The third-order valence-corrected chi connectivity index (χ3v) is 24.6. The van der Waals surface area contributed by atoms with Gasteiger partial charge < -0.3 is 9.80 Å². The molecule has 19 rings (SSSR count). The molecule has 0 fully saturated rings. The first-order valence-electron chi connectivity index (χ1n) is 39.7. The van der Waals surface area contributed by atoms with Gasteiger partial charge >= 0.3 is 0 Å². The first-order valence-corrected chi connectivity index (χ1v) is 39.7. The van der Waals surface area contributed by atoms with Crippen molar-refractivity contribution in [1.82, 2.24) is 0 Å². The minimum atomic E-state index is -0.880. The summed E-state index contributed by atoms with van der Waals surface area (Å²) in [5, 5.41) is 0. The second kappa shape index (κ2) is 27.6. The molecule has 0 saturated carbocycles. The molecule has 0 bridgehead atoms. The van der Waals surface area contributed by atoms with Crippen LogP contribution in [0.1, 0.15) is 131 Å². The molecule has 3 aliphatic carbocycles. The largest absolute Gasteiger partial charge is 0.310 e. The Labute approximate surface area is 666 Å². The van der Waals surface area contributed by atoms with E-state index in [-0.39, 0.29) is 10.8 Å². The maximum Gasteiger partial charge on any atom is 0.0715 e. The Balaban J connectivity index is 0.869. The Kier molecular flexibility index (Phi) is 17.1. The third-order valence-electron chi connectivity index (χ3n) is 24.6. The lowest BCUT2D eigenvalue weighted by molar-refractivity contribution is 0.588. The molecule has 0 aromatic heterocycles. The van der Waals surface area contributed by atoms with Crippen molar-refractivity contribution in [3.63, 3.8) is 0 Å². The lowest BCUT2D eigenvalue weighted by atomic mass is 9.66. The van der Waals surface area contributed by atoms with Gasteiger partial charge in [-0.2, -0.15) is 0 Å². The highest BCUT2D eigenvalue weighted by atomic mass is 15.1. The Hall–Kier alpha value is -13.4. The average molecular weight is 1450 g/mol. The van der Waals surface area contributed by atoms with Gasteiger partial charge in [-0.05, 0) is 228 Å². The van der Waals surface area contributed by atoms with E-state index in [1.165, 1.54) is 122 Å². The van der Waals surface area contributed by atoms with Gasteiger partial charge in [0.1, 0.15) is 0 Å². The van der Waals surface area contributed by atoms with Crippen molar-refractivity contribution in [2.24, 2.45) is 0 Å². The van der Waals surface area contributed by atoms with Gasteiger partial charge in [-0.1, -0.05) is 382 Å². The van der Waals surface area contributed by atoms with Gasteiger partial charge in [-0.3, -0.25) is 0 Å². The lowest BCUT2D eigenvalue weighted by Gasteiger charge is -2.37. The topological polar surface area (TPSA) is 6.48 Å². The molecule has 0 radical (unpaired) electrons. The van der Waals surface area contributed by atoms with Crippen molar-refractivity contribution in [2.45, 2.75) is 68.6 Å². The molecule has 0 saturated heterocycles. The number of fused-ring (bicyclic) bond motifs is 9. The predicted molar refractivity (Wildman–Crippen MR) is 476 cm³/mol. The number of hydrogen-bond donors (Lipinski definition) is 0. The van der Waals surface area contributed by atoms with Gasteiger partial charge in [-0.25, -0.2) is 0 Å². The highest BCUT2D eigenvalue weighted by Gasteiger charge is 2.51. The Bertz CT molecular complexity index is 5890. The first-order chi connectivity index (χ1) is 55.2. The SMILES string of the molecule is C=Cc1ccc(C2(c3ccccc3)c3ccccc3-c3ccc(N(c4ccc(-c5ccccc5)cc4)c4ccc5c(c4)C(c4ccc(C(C)(C)C)cc4)(c4ccc(C(C)(C)C)cc4)c4cc(N(c6ccc(-c7ccccc7)cc6)c6ccc7c(c6)C(c6ccccc6)(c6ccc(C=C)cc6)c6ccccc6-7)ccc4-5)cc32)cc1. The molecule has 2 unspecified atom stereocenters. The lowest BCUT2D eigenvalue weighted by Crippen LogP contribution is -2.30. The van der Waals surface area contributed by atoms with E-state index < -0.39 is 16.2 Å². The molecule has 113 heavy (non-hydrogen) atoms. The standard InChI is InChI=1S/C111H88N2/c1-9-75-39-47-85(48-40-75)109(83-31-19-13-20-32-83)101-37-25-23-35-95(101)97-67-63-91(71-103(97)109)112(89-59-43-79(44-60-89)77-27-15-11-16-28-77)93-65-69-99-100-70-66-94(74-106(100)111(105(99)73-93,87-55-51-81(52-56-87)107(3,4)5)88-57-53-82(54-58-88)108(6,7)8)113(90-61-45-80(46-62-90)78-29-17-12-18-30-78)92-64-68-98-96-36-24-26-38-102(96)110(104(98)72-92,84-33-21-14-22-34-84)86-49-41-76(10-2)42-50-86/h9-74H,1-2H2,3-8H3. The van der Waals surface area contributed by atoms with Crippen LogP contribution in [0.25, 0.3) is 67.8 Å². The van der Waals surface area contributed by atoms with Gasteiger partial charge in [0.05, 0.1) is 16.2 Å². The molecule has 2 atom stereocenters. The Morgan fingerprint density at radius 1 is 0.212 bits per heavy atom. The molecule has 16 aromatic carbocycles. The summed E-state index contributed by atoms with van der Waals surface area (Å²) in [6.07, 6.45) is 3.88. The highest BCUT2D eigenvalue weighted by molar-refractivity contribution is 5.96. The minimum Gasteiger partial charge on any atom is -0.310 e. The number of anilines is 6. The molecule has 0 N–H and O–H groups in total. The monoisotopic (exact) mass is 1450 g/mol. The normalized spacial score (nSPS) is 15.4. The minimum absolute atomic E-state index is 0.103.